The third kappa shape index (κ3) is 4.83. The summed E-state index contributed by atoms with van der Waals surface area (Å²) >= 11 is 0. The molecule has 1 aliphatic carbocycles. The second-order valence-corrected chi connectivity index (χ2v) is 9.20. The predicted molar refractivity (Wildman–Crippen MR) is 126 cm³/mol. The van der Waals surface area contributed by atoms with Crippen LogP contribution in [0.4, 0.5) is 0 Å². The van der Waals surface area contributed by atoms with Crippen molar-refractivity contribution in [3.63, 3.8) is 0 Å². The van der Waals surface area contributed by atoms with Crippen LogP contribution in [0.3, 0.4) is 0 Å². The molecule has 1 unspecified atom stereocenters. The van der Waals surface area contributed by atoms with E-state index in [1.165, 1.54) is 16.8 Å². The highest BCUT2D eigenvalue weighted by molar-refractivity contribution is 5.42. The Bertz CT molecular complexity index is 1020. The average molecular weight is 432 g/mol. The van der Waals surface area contributed by atoms with Crippen LogP contribution in [0.15, 0.2) is 54.6 Å². The van der Waals surface area contributed by atoms with Crippen LogP contribution in [0.2, 0.25) is 0 Å². The molecule has 3 aromatic rings. The van der Waals surface area contributed by atoms with E-state index < -0.39 is 0 Å². The van der Waals surface area contributed by atoms with Gasteiger partial charge in [-0.2, -0.15) is 5.10 Å². The molecule has 1 atom stereocenters. The molecule has 0 radical (unpaired) electrons. The highest BCUT2D eigenvalue weighted by Gasteiger charge is 2.24. The summed E-state index contributed by atoms with van der Waals surface area (Å²) in [5, 5.41) is 8.22. The first kappa shape index (κ1) is 21.1. The van der Waals surface area contributed by atoms with E-state index in [-0.39, 0.29) is 6.10 Å². The topological polar surface area (TPSA) is 48.3 Å². The Morgan fingerprint density at radius 3 is 2.59 bits per heavy atom. The fourth-order valence-electron chi connectivity index (χ4n) is 4.89. The van der Waals surface area contributed by atoms with Crippen molar-refractivity contribution in [1.29, 1.82) is 0 Å². The van der Waals surface area contributed by atoms with Gasteiger partial charge in [-0.1, -0.05) is 30.3 Å². The van der Waals surface area contributed by atoms with E-state index in [0.29, 0.717) is 12.1 Å². The second kappa shape index (κ2) is 9.37. The largest absolute Gasteiger partial charge is 0.490 e. The van der Waals surface area contributed by atoms with Crippen LogP contribution in [0.1, 0.15) is 60.7 Å². The summed E-state index contributed by atoms with van der Waals surface area (Å²) in [5.74, 6) is 1.97. The number of nitrogens with one attached hydrogen (secondary N) is 1. The third-order valence-electron chi connectivity index (χ3n) is 6.86. The van der Waals surface area contributed by atoms with Crippen molar-refractivity contribution in [2.75, 3.05) is 0 Å². The molecule has 0 amide bonds. The Hall–Kier alpha value is -2.79. The Labute approximate surface area is 190 Å². The van der Waals surface area contributed by atoms with Gasteiger partial charge in [0.05, 0.1) is 11.8 Å². The molecule has 0 bridgehead atoms. The molecule has 168 valence electrons. The summed E-state index contributed by atoms with van der Waals surface area (Å²) in [6, 6.07) is 19.5. The van der Waals surface area contributed by atoms with Crippen molar-refractivity contribution in [2.24, 2.45) is 7.05 Å². The van der Waals surface area contributed by atoms with Crippen molar-refractivity contribution in [3.8, 4) is 11.5 Å². The third-order valence-corrected chi connectivity index (χ3v) is 6.86. The predicted octanol–water partition coefficient (Wildman–Crippen LogP) is 5.27. The van der Waals surface area contributed by atoms with Gasteiger partial charge in [-0.05, 0) is 80.8 Å². The molecule has 5 nitrogen and oxygen atoms in total. The highest BCUT2D eigenvalue weighted by atomic mass is 16.5. The fraction of sp³-hybridized carbons (Fsp3) is 0.444. The normalized spacial score (nSPS) is 22.8. The van der Waals surface area contributed by atoms with E-state index in [1.54, 1.807) is 0 Å². The summed E-state index contributed by atoms with van der Waals surface area (Å²) in [5.41, 5.74) is 4.83. The lowest BCUT2D eigenvalue weighted by Crippen LogP contribution is -2.36. The molecule has 0 saturated heterocycles. The van der Waals surface area contributed by atoms with Crippen LogP contribution >= 0.6 is 0 Å². The lowest BCUT2D eigenvalue weighted by atomic mass is 9.92. The molecule has 1 saturated carbocycles. The summed E-state index contributed by atoms with van der Waals surface area (Å²) < 4.78 is 14.6. The number of ether oxygens (including phenoxy) is 2. The monoisotopic (exact) mass is 431 g/mol. The molecule has 1 N–H and O–H groups in total. The van der Waals surface area contributed by atoms with Crippen molar-refractivity contribution < 1.29 is 9.47 Å². The minimum atomic E-state index is 0.147. The van der Waals surface area contributed by atoms with E-state index in [2.05, 4.69) is 71.9 Å². The van der Waals surface area contributed by atoms with Gasteiger partial charge in [0.15, 0.2) is 0 Å². The number of aryl methyl sites for hydroxylation is 3. The van der Waals surface area contributed by atoms with Crippen molar-refractivity contribution in [3.05, 3.63) is 77.1 Å². The van der Waals surface area contributed by atoms with Gasteiger partial charge in [0.1, 0.15) is 17.6 Å². The zero-order valence-electron chi connectivity index (χ0n) is 19.1. The van der Waals surface area contributed by atoms with Gasteiger partial charge in [-0.3, -0.25) is 4.68 Å². The maximum absolute atomic E-state index is 6.36. The minimum absolute atomic E-state index is 0.147. The maximum Gasteiger partial charge on any atom is 0.124 e. The standard InChI is InChI=1S/C27H33N3O2/c1-19-16-23(29-30(19)2)18-28-22-9-11-24(12-10-22)31-25-13-15-27-21(17-25)8-14-26(32-27)20-6-4-3-5-7-20/h3-7,13,15-17,22,24,26,28H,8-12,14,18H2,1-2H3/t22-,24-,26?. The van der Waals surface area contributed by atoms with Crippen LogP contribution < -0.4 is 14.8 Å². The van der Waals surface area contributed by atoms with Crippen LogP contribution in [0, 0.1) is 6.92 Å². The Kier molecular flexibility index (Phi) is 6.17. The molecule has 2 aliphatic rings. The molecule has 5 rings (SSSR count). The lowest BCUT2D eigenvalue weighted by Gasteiger charge is -2.30. The van der Waals surface area contributed by atoms with Gasteiger partial charge in [0.25, 0.3) is 0 Å². The van der Waals surface area contributed by atoms with Gasteiger partial charge < -0.3 is 14.8 Å². The SMILES string of the molecule is Cc1cc(CN[C@H]2CC[C@H](Oc3ccc4c(c3)CCC(c3ccccc3)O4)CC2)nn1C. The molecule has 1 aliphatic heterocycles. The van der Waals surface area contributed by atoms with E-state index in [9.17, 15) is 0 Å². The molecule has 2 aromatic carbocycles. The molecular formula is C27H33N3O2. The number of hydrogen-bond acceptors (Lipinski definition) is 4. The van der Waals surface area contributed by atoms with Crippen LogP contribution in [0.5, 0.6) is 11.5 Å². The van der Waals surface area contributed by atoms with E-state index >= 15 is 0 Å². The van der Waals surface area contributed by atoms with Gasteiger partial charge in [0.2, 0.25) is 0 Å². The summed E-state index contributed by atoms with van der Waals surface area (Å²) in [4.78, 5) is 0. The van der Waals surface area contributed by atoms with Crippen LogP contribution in [0.25, 0.3) is 0 Å². The van der Waals surface area contributed by atoms with E-state index in [0.717, 1.165) is 62.3 Å². The summed E-state index contributed by atoms with van der Waals surface area (Å²) in [6.07, 6.45) is 6.93. The van der Waals surface area contributed by atoms with Crippen molar-refractivity contribution in [1.82, 2.24) is 15.1 Å². The van der Waals surface area contributed by atoms with Crippen molar-refractivity contribution >= 4 is 0 Å². The average Bonchev–Trinajstić information content (AvgIpc) is 3.16. The molecular weight excluding hydrogens is 398 g/mol. The zero-order valence-corrected chi connectivity index (χ0v) is 19.1. The molecule has 32 heavy (non-hydrogen) atoms. The number of fused-ring (bicyclic) bond motifs is 1. The van der Waals surface area contributed by atoms with Gasteiger partial charge in [-0.15, -0.1) is 0 Å². The number of aromatic nitrogens is 2. The fourth-order valence-corrected chi connectivity index (χ4v) is 4.89. The lowest BCUT2D eigenvalue weighted by molar-refractivity contribution is 0.138. The first-order chi connectivity index (χ1) is 15.6. The number of benzene rings is 2. The molecule has 2 heterocycles. The first-order valence-electron chi connectivity index (χ1n) is 11.9. The Morgan fingerprint density at radius 2 is 1.84 bits per heavy atom. The van der Waals surface area contributed by atoms with Crippen LogP contribution in [-0.2, 0) is 20.0 Å². The van der Waals surface area contributed by atoms with Crippen LogP contribution in [-0.4, -0.2) is 21.9 Å². The number of nitrogens with zero attached hydrogens (tertiary/aromatic N) is 2. The number of rotatable bonds is 6. The van der Waals surface area contributed by atoms with E-state index in [4.69, 9.17) is 9.47 Å². The highest BCUT2D eigenvalue weighted by Crippen LogP contribution is 2.37. The number of hydrogen-bond donors (Lipinski definition) is 1. The zero-order chi connectivity index (χ0) is 21.9. The maximum atomic E-state index is 6.36. The molecule has 5 heteroatoms. The summed E-state index contributed by atoms with van der Waals surface area (Å²) in [7, 11) is 2.00. The van der Waals surface area contributed by atoms with Crippen molar-refractivity contribution in [2.45, 2.75) is 70.2 Å². The second-order valence-electron chi connectivity index (χ2n) is 9.20. The van der Waals surface area contributed by atoms with Gasteiger partial charge in [0, 0.05) is 25.3 Å². The van der Waals surface area contributed by atoms with Gasteiger partial charge in [-0.25, -0.2) is 0 Å². The minimum Gasteiger partial charge on any atom is -0.490 e. The quantitative estimate of drug-likeness (QED) is 0.577. The molecule has 1 fully saturated rings. The molecule has 1 aromatic heterocycles. The molecule has 0 spiro atoms. The Balaban J connectivity index is 1.11. The first-order valence-corrected chi connectivity index (χ1v) is 11.9. The Morgan fingerprint density at radius 1 is 1.03 bits per heavy atom. The van der Waals surface area contributed by atoms with Gasteiger partial charge >= 0.3 is 0 Å². The summed E-state index contributed by atoms with van der Waals surface area (Å²) in [6.45, 7) is 2.93. The van der Waals surface area contributed by atoms with E-state index in [1.807, 2.05) is 11.7 Å². The smallest absolute Gasteiger partial charge is 0.124 e.